The summed E-state index contributed by atoms with van der Waals surface area (Å²) >= 11 is 0. The molecule has 0 amide bonds. The summed E-state index contributed by atoms with van der Waals surface area (Å²) < 4.78 is 39.0. The van der Waals surface area contributed by atoms with Crippen LogP contribution in [0.5, 0.6) is 0 Å². The number of anilines is 2. The van der Waals surface area contributed by atoms with Crippen molar-refractivity contribution in [1.29, 1.82) is 0 Å². The summed E-state index contributed by atoms with van der Waals surface area (Å²) in [6.45, 7) is 4.18. The van der Waals surface area contributed by atoms with Crippen LogP contribution in [-0.2, 0) is 6.18 Å². The summed E-state index contributed by atoms with van der Waals surface area (Å²) in [5.41, 5.74) is 0.345. The van der Waals surface area contributed by atoms with Gasteiger partial charge in [-0.3, -0.25) is 0 Å². The quantitative estimate of drug-likeness (QED) is 0.819. The number of alkyl halides is 3. The lowest BCUT2D eigenvalue weighted by molar-refractivity contribution is -0.137. The average Bonchev–Trinajstić information content (AvgIpc) is 3.05. The summed E-state index contributed by atoms with van der Waals surface area (Å²) in [6.07, 6.45) is 2.47. The molecule has 0 aliphatic carbocycles. The third kappa shape index (κ3) is 3.20. The van der Waals surface area contributed by atoms with E-state index in [0.717, 1.165) is 43.6 Å². The molecule has 2 unspecified atom stereocenters. The Balaban J connectivity index is 1.56. The van der Waals surface area contributed by atoms with Crippen molar-refractivity contribution >= 4 is 11.8 Å². The first-order valence-electron chi connectivity index (χ1n) is 8.75. The van der Waals surface area contributed by atoms with Gasteiger partial charge in [0.05, 0.1) is 11.6 Å². The Kier molecular flexibility index (Phi) is 4.20. The molecule has 0 N–H and O–H groups in total. The lowest BCUT2D eigenvalue weighted by Gasteiger charge is -2.39. The van der Waals surface area contributed by atoms with Crippen molar-refractivity contribution in [2.45, 2.75) is 32.0 Å². The molecule has 2 atom stereocenters. The van der Waals surface area contributed by atoms with Gasteiger partial charge in [-0.05, 0) is 43.4 Å². The molecule has 2 aromatic rings. The molecule has 5 nitrogen and oxygen atoms in total. The third-order valence-corrected chi connectivity index (χ3v) is 5.28. The first-order chi connectivity index (χ1) is 12.4. The number of aryl methyl sites for hydroxylation is 1. The maximum atomic E-state index is 13.0. The maximum absolute atomic E-state index is 13.0. The van der Waals surface area contributed by atoms with Gasteiger partial charge in [-0.2, -0.15) is 13.2 Å². The number of hydrogen-bond acceptors (Lipinski definition) is 5. The molecule has 2 fully saturated rings. The maximum Gasteiger partial charge on any atom is 0.416 e. The molecule has 2 saturated heterocycles. The van der Waals surface area contributed by atoms with Gasteiger partial charge >= 0.3 is 6.18 Å². The molecule has 0 radical (unpaired) electrons. The van der Waals surface area contributed by atoms with E-state index in [4.69, 9.17) is 0 Å². The Bertz CT molecular complexity index is 777. The normalized spacial score (nSPS) is 23.2. The average molecular weight is 363 g/mol. The molecule has 2 aliphatic rings. The van der Waals surface area contributed by atoms with Gasteiger partial charge < -0.3 is 9.80 Å². The molecule has 2 aromatic heterocycles. The van der Waals surface area contributed by atoms with E-state index in [9.17, 15) is 13.2 Å². The van der Waals surface area contributed by atoms with Crippen molar-refractivity contribution in [1.82, 2.24) is 15.0 Å². The van der Waals surface area contributed by atoms with Crippen molar-refractivity contribution < 1.29 is 13.2 Å². The molecule has 8 heteroatoms. The van der Waals surface area contributed by atoms with Crippen LogP contribution in [-0.4, -0.2) is 40.6 Å². The highest BCUT2D eigenvalue weighted by molar-refractivity contribution is 5.45. The second-order valence-electron chi connectivity index (χ2n) is 7.01. The molecular weight excluding hydrogens is 343 g/mol. The van der Waals surface area contributed by atoms with E-state index in [1.807, 2.05) is 11.8 Å². The van der Waals surface area contributed by atoms with Crippen LogP contribution in [0.25, 0.3) is 0 Å². The fourth-order valence-electron chi connectivity index (χ4n) is 3.90. The van der Waals surface area contributed by atoms with Crippen LogP contribution >= 0.6 is 0 Å². The lowest BCUT2D eigenvalue weighted by atomic mass is 9.92. The molecule has 4 rings (SSSR count). The van der Waals surface area contributed by atoms with E-state index in [-0.39, 0.29) is 6.04 Å². The molecule has 0 saturated carbocycles. The molecule has 26 heavy (non-hydrogen) atoms. The van der Waals surface area contributed by atoms with Gasteiger partial charge in [0.2, 0.25) is 5.95 Å². The second kappa shape index (κ2) is 6.41. The van der Waals surface area contributed by atoms with Crippen molar-refractivity contribution in [2.75, 3.05) is 29.4 Å². The molecule has 4 heterocycles. The van der Waals surface area contributed by atoms with Crippen molar-refractivity contribution in [3.05, 3.63) is 41.9 Å². The monoisotopic (exact) mass is 363 g/mol. The van der Waals surface area contributed by atoms with Gasteiger partial charge in [0.25, 0.3) is 0 Å². The van der Waals surface area contributed by atoms with Gasteiger partial charge in [0.15, 0.2) is 0 Å². The first kappa shape index (κ1) is 17.1. The highest BCUT2D eigenvalue weighted by Crippen LogP contribution is 2.36. The first-order valence-corrected chi connectivity index (χ1v) is 8.75. The minimum atomic E-state index is -4.36. The van der Waals surface area contributed by atoms with E-state index >= 15 is 0 Å². The number of piperidine rings is 1. The van der Waals surface area contributed by atoms with Crippen molar-refractivity contribution in [3.8, 4) is 0 Å². The van der Waals surface area contributed by atoms with Crippen molar-refractivity contribution in [3.63, 3.8) is 0 Å². The molecular formula is C18H20F3N5. The summed E-state index contributed by atoms with van der Waals surface area (Å²) in [6, 6.07) is 2.35. The highest BCUT2D eigenvalue weighted by Gasteiger charge is 2.40. The number of hydrogen-bond donors (Lipinski definition) is 0. The fraction of sp³-hybridized carbons (Fsp3) is 0.500. The lowest BCUT2D eigenvalue weighted by Crippen LogP contribution is -2.49. The van der Waals surface area contributed by atoms with E-state index < -0.39 is 11.7 Å². The fourth-order valence-corrected chi connectivity index (χ4v) is 3.90. The number of pyridine rings is 1. The predicted octanol–water partition coefficient (Wildman–Crippen LogP) is 3.30. The Morgan fingerprint density at radius 3 is 2.54 bits per heavy atom. The highest BCUT2D eigenvalue weighted by atomic mass is 19.4. The Labute approximate surface area is 149 Å². The van der Waals surface area contributed by atoms with Gasteiger partial charge in [-0.1, -0.05) is 0 Å². The topological polar surface area (TPSA) is 45.2 Å². The van der Waals surface area contributed by atoms with Crippen LogP contribution in [0.2, 0.25) is 0 Å². The van der Waals surface area contributed by atoms with E-state index in [1.165, 1.54) is 6.20 Å². The predicted molar refractivity (Wildman–Crippen MR) is 92.1 cm³/mol. The van der Waals surface area contributed by atoms with Crippen molar-refractivity contribution in [2.24, 2.45) is 5.92 Å². The molecule has 0 bridgehead atoms. The molecule has 2 aliphatic heterocycles. The van der Waals surface area contributed by atoms with Gasteiger partial charge in [-0.15, -0.1) is 0 Å². The number of nitrogens with zero attached hydrogens (tertiary/aromatic N) is 5. The zero-order valence-corrected chi connectivity index (χ0v) is 14.4. The SMILES string of the molecule is Cc1cnc(N2CCC3CCN(c4cc(C(F)(F)F)ccn4)CC32)nc1. The molecule has 0 spiro atoms. The van der Waals surface area contributed by atoms with Gasteiger partial charge in [0.1, 0.15) is 5.82 Å². The third-order valence-electron chi connectivity index (χ3n) is 5.28. The van der Waals surface area contributed by atoms with E-state index in [1.54, 1.807) is 12.4 Å². The summed E-state index contributed by atoms with van der Waals surface area (Å²) in [7, 11) is 0. The second-order valence-corrected chi connectivity index (χ2v) is 7.01. The van der Waals surface area contributed by atoms with E-state index in [0.29, 0.717) is 24.2 Å². The summed E-state index contributed by atoms with van der Waals surface area (Å²) in [5.74, 6) is 1.60. The number of rotatable bonds is 2. The summed E-state index contributed by atoms with van der Waals surface area (Å²) in [4.78, 5) is 17.2. The number of aromatic nitrogens is 3. The Hall–Kier alpha value is -2.38. The molecule has 0 aromatic carbocycles. The zero-order chi connectivity index (χ0) is 18.3. The zero-order valence-electron chi connectivity index (χ0n) is 14.4. The van der Waals surface area contributed by atoms with Crippen LogP contribution in [0.15, 0.2) is 30.7 Å². The summed E-state index contributed by atoms with van der Waals surface area (Å²) in [5, 5.41) is 0. The minimum absolute atomic E-state index is 0.197. The molecule has 138 valence electrons. The van der Waals surface area contributed by atoms with Crippen LogP contribution in [0.3, 0.4) is 0 Å². The largest absolute Gasteiger partial charge is 0.416 e. The Morgan fingerprint density at radius 1 is 1.08 bits per heavy atom. The van der Waals surface area contributed by atoms with Gasteiger partial charge in [0, 0.05) is 38.2 Å². The van der Waals surface area contributed by atoms with Crippen LogP contribution in [0.4, 0.5) is 24.9 Å². The number of halogens is 3. The standard InChI is InChI=1S/C18H20F3N5/c1-12-9-23-17(24-10-12)26-7-4-13-3-6-25(11-15(13)26)16-8-14(2-5-22-16)18(19,20)21/h2,5,8-10,13,15H,3-4,6-7,11H2,1H3. The van der Waals surface area contributed by atoms with Crippen LogP contribution in [0, 0.1) is 12.8 Å². The number of fused-ring (bicyclic) bond motifs is 1. The minimum Gasteiger partial charge on any atom is -0.355 e. The Morgan fingerprint density at radius 2 is 1.81 bits per heavy atom. The van der Waals surface area contributed by atoms with E-state index in [2.05, 4.69) is 19.9 Å². The van der Waals surface area contributed by atoms with Crippen LogP contribution < -0.4 is 9.80 Å². The van der Waals surface area contributed by atoms with Gasteiger partial charge in [-0.25, -0.2) is 15.0 Å². The smallest absolute Gasteiger partial charge is 0.355 e. The van der Waals surface area contributed by atoms with Crippen LogP contribution in [0.1, 0.15) is 24.0 Å².